The lowest BCUT2D eigenvalue weighted by atomic mass is 10.1. The first kappa shape index (κ1) is 18.2. The van der Waals surface area contributed by atoms with E-state index in [9.17, 15) is 4.79 Å². The molecule has 1 aliphatic heterocycles. The normalized spacial score (nSPS) is 18.2. The fourth-order valence-electron chi connectivity index (χ4n) is 4.70. The predicted molar refractivity (Wildman–Crippen MR) is 114 cm³/mol. The summed E-state index contributed by atoms with van der Waals surface area (Å²) in [5.41, 5.74) is 3.78. The summed E-state index contributed by atoms with van der Waals surface area (Å²) in [5.74, 6) is 0.832. The standard InChI is InChI=1S/C23H26N4O2/c1-16(2)26-19-10-4-3-9-18(19)24-22(26)15-25-13-7-8-17(14-25)27-20-11-5-6-12-21(20)29-23(27)28/h3-6,9-12,16-17H,7-8,13-15H2,1-2H3/t17-/m0/s1. The molecule has 0 amide bonds. The summed E-state index contributed by atoms with van der Waals surface area (Å²) in [6.07, 6.45) is 2.04. The Morgan fingerprint density at radius 1 is 1.10 bits per heavy atom. The number of nitrogens with zero attached hydrogens (tertiary/aromatic N) is 4. The van der Waals surface area contributed by atoms with Gasteiger partial charge in [0.2, 0.25) is 0 Å². The average Bonchev–Trinajstić information content (AvgIpc) is 3.24. The molecule has 1 atom stereocenters. The van der Waals surface area contributed by atoms with Gasteiger partial charge in [-0.3, -0.25) is 9.47 Å². The molecule has 1 fully saturated rings. The number of piperidine rings is 1. The molecule has 0 bridgehead atoms. The van der Waals surface area contributed by atoms with Gasteiger partial charge in [-0.2, -0.15) is 0 Å². The van der Waals surface area contributed by atoms with Crippen molar-refractivity contribution < 1.29 is 4.42 Å². The number of fused-ring (bicyclic) bond motifs is 2. The summed E-state index contributed by atoms with van der Waals surface area (Å²) < 4.78 is 9.64. The smallest absolute Gasteiger partial charge is 0.408 e. The van der Waals surface area contributed by atoms with Crippen molar-refractivity contribution in [2.45, 2.75) is 45.3 Å². The van der Waals surface area contributed by atoms with Crippen LogP contribution in [0.25, 0.3) is 22.1 Å². The maximum atomic E-state index is 12.5. The van der Waals surface area contributed by atoms with Crippen LogP contribution < -0.4 is 5.76 Å². The average molecular weight is 390 g/mol. The van der Waals surface area contributed by atoms with Crippen LogP contribution >= 0.6 is 0 Å². The molecule has 0 spiro atoms. The number of hydrogen-bond acceptors (Lipinski definition) is 4. The van der Waals surface area contributed by atoms with Crippen molar-refractivity contribution in [3.63, 3.8) is 0 Å². The summed E-state index contributed by atoms with van der Waals surface area (Å²) in [5, 5.41) is 0. The lowest BCUT2D eigenvalue weighted by Gasteiger charge is -2.33. The van der Waals surface area contributed by atoms with Gasteiger partial charge < -0.3 is 8.98 Å². The highest BCUT2D eigenvalue weighted by Gasteiger charge is 2.26. The number of oxazole rings is 1. The zero-order valence-corrected chi connectivity index (χ0v) is 16.9. The van der Waals surface area contributed by atoms with Crippen LogP contribution in [0.2, 0.25) is 0 Å². The molecule has 5 rings (SSSR count). The molecule has 0 radical (unpaired) electrons. The Hall–Kier alpha value is -2.86. The number of likely N-dealkylation sites (tertiary alicyclic amines) is 1. The molecule has 4 aromatic rings. The molecular formula is C23H26N4O2. The van der Waals surface area contributed by atoms with Crippen LogP contribution in [0.1, 0.15) is 44.6 Å². The first-order valence-corrected chi connectivity index (χ1v) is 10.4. The van der Waals surface area contributed by atoms with E-state index in [0.29, 0.717) is 11.6 Å². The summed E-state index contributed by atoms with van der Waals surface area (Å²) in [7, 11) is 0. The molecule has 0 unspecified atom stereocenters. The van der Waals surface area contributed by atoms with E-state index in [1.807, 2.05) is 34.9 Å². The van der Waals surface area contributed by atoms with Crippen LogP contribution in [-0.2, 0) is 6.54 Å². The zero-order valence-electron chi connectivity index (χ0n) is 16.9. The highest BCUT2D eigenvalue weighted by molar-refractivity contribution is 5.76. The minimum atomic E-state index is -0.257. The van der Waals surface area contributed by atoms with Crippen molar-refractivity contribution in [3.05, 3.63) is 64.9 Å². The second-order valence-electron chi connectivity index (χ2n) is 8.22. The Morgan fingerprint density at radius 3 is 2.69 bits per heavy atom. The van der Waals surface area contributed by atoms with Gasteiger partial charge in [0.05, 0.1) is 29.1 Å². The van der Waals surface area contributed by atoms with Gasteiger partial charge in [-0.25, -0.2) is 9.78 Å². The van der Waals surface area contributed by atoms with Crippen LogP contribution in [0.5, 0.6) is 0 Å². The molecular weight excluding hydrogens is 364 g/mol. The Morgan fingerprint density at radius 2 is 1.86 bits per heavy atom. The molecule has 6 nitrogen and oxygen atoms in total. The van der Waals surface area contributed by atoms with E-state index in [1.54, 1.807) is 0 Å². The Labute approximate surface area is 169 Å². The Bertz CT molecular complexity index is 1220. The van der Waals surface area contributed by atoms with E-state index in [0.717, 1.165) is 49.3 Å². The number of rotatable bonds is 4. The van der Waals surface area contributed by atoms with E-state index in [2.05, 4.69) is 41.5 Å². The molecule has 6 heteroatoms. The maximum absolute atomic E-state index is 12.5. The molecule has 1 saturated heterocycles. The van der Waals surface area contributed by atoms with Gasteiger partial charge in [0, 0.05) is 12.6 Å². The van der Waals surface area contributed by atoms with E-state index < -0.39 is 0 Å². The van der Waals surface area contributed by atoms with Gasteiger partial charge in [0.15, 0.2) is 5.58 Å². The summed E-state index contributed by atoms with van der Waals surface area (Å²) in [4.78, 5) is 19.9. The molecule has 2 aromatic carbocycles. The second kappa shape index (κ2) is 7.19. The van der Waals surface area contributed by atoms with Gasteiger partial charge in [-0.1, -0.05) is 24.3 Å². The van der Waals surface area contributed by atoms with Gasteiger partial charge in [-0.05, 0) is 57.5 Å². The van der Waals surface area contributed by atoms with Gasteiger partial charge >= 0.3 is 5.76 Å². The number of para-hydroxylation sites is 4. The minimum absolute atomic E-state index is 0.122. The predicted octanol–water partition coefficient (Wildman–Crippen LogP) is 4.36. The number of benzene rings is 2. The van der Waals surface area contributed by atoms with Crippen LogP contribution in [0.3, 0.4) is 0 Å². The molecule has 2 aromatic heterocycles. The van der Waals surface area contributed by atoms with Gasteiger partial charge in [0.25, 0.3) is 0 Å². The number of aromatic nitrogens is 3. The van der Waals surface area contributed by atoms with Crippen molar-refractivity contribution in [1.82, 2.24) is 19.0 Å². The monoisotopic (exact) mass is 390 g/mol. The lowest BCUT2D eigenvalue weighted by molar-refractivity contribution is 0.162. The maximum Gasteiger partial charge on any atom is 0.420 e. The minimum Gasteiger partial charge on any atom is -0.408 e. The summed E-state index contributed by atoms with van der Waals surface area (Å²) in [6, 6.07) is 16.5. The molecule has 3 heterocycles. The lowest BCUT2D eigenvalue weighted by Crippen LogP contribution is -2.39. The van der Waals surface area contributed by atoms with Gasteiger partial charge in [0.1, 0.15) is 5.82 Å². The number of hydrogen-bond donors (Lipinski definition) is 0. The van der Waals surface area contributed by atoms with Crippen molar-refractivity contribution in [1.29, 1.82) is 0 Å². The molecule has 0 saturated carbocycles. The third kappa shape index (κ3) is 3.17. The van der Waals surface area contributed by atoms with Crippen molar-refractivity contribution >= 4 is 22.1 Å². The molecule has 150 valence electrons. The van der Waals surface area contributed by atoms with Crippen molar-refractivity contribution in [2.75, 3.05) is 13.1 Å². The molecule has 29 heavy (non-hydrogen) atoms. The first-order chi connectivity index (χ1) is 14.1. The Balaban J connectivity index is 1.45. The van der Waals surface area contributed by atoms with E-state index in [-0.39, 0.29) is 11.8 Å². The highest BCUT2D eigenvalue weighted by Crippen LogP contribution is 2.27. The summed E-state index contributed by atoms with van der Waals surface area (Å²) >= 11 is 0. The zero-order chi connectivity index (χ0) is 20.0. The van der Waals surface area contributed by atoms with Crippen LogP contribution in [0, 0.1) is 0 Å². The van der Waals surface area contributed by atoms with E-state index in [1.165, 1.54) is 5.52 Å². The van der Waals surface area contributed by atoms with Crippen LogP contribution in [0.15, 0.2) is 57.7 Å². The van der Waals surface area contributed by atoms with Crippen molar-refractivity contribution in [2.24, 2.45) is 0 Å². The third-order valence-electron chi connectivity index (χ3n) is 5.91. The molecule has 0 N–H and O–H groups in total. The van der Waals surface area contributed by atoms with Gasteiger partial charge in [-0.15, -0.1) is 0 Å². The molecule has 1 aliphatic rings. The quantitative estimate of drug-likeness (QED) is 0.519. The first-order valence-electron chi connectivity index (χ1n) is 10.4. The van der Waals surface area contributed by atoms with Crippen LogP contribution in [-0.4, -0.2) is 32.1 Å². The fourth-order valence-corrected chi connectivity index (χ4v) is 4.70. The largest absolute Gasteiger partial charge is 0.420 e. The van der Waals surface area contributed by atoms with E-state index >= 15 is 0 Å². The second-order valence-corrected chi connectivity index (χ2v) is 8.22. The Kier molecular flexibility index (Phi) is 4.51. The fraction of sp³-hybridized carbons (Fsp3) is 0.391. The third-order valence-corrected chi connectivity index (χ3v) is 5.91. The molecule has 0 aliphatic carbocycles. The highest BCUT2D eigenvalue weighted by atomic mass is 16.4. The van der Waals surface area contributed by atoms with Crippen molar-refractivity contribution in [3.8, 4) is 0 Å². The van der Waals surface area contributed by atoms with E-state index in [4.69, 9.17) is 9.40 Å². The van der Waals surface area contributed by atoms with Crippen LogP contribution in [0.4, 0.5) is 0 Å². The topological polar surface area (TPSA) is 56.2 Å². The SMILES string of the molecule is CC(C)n1c(CN2CCC[C@H](n3c(=O)oc4ccccc43)C2)nc2ccccc21. The summed E-state index contributed by atoms with van der Waals surface area (Å²) in [6.45, 7) is 7.03. The number of imidazole rings is 1.